The second-order valence-corrected chi connectivity index (χ2v) is 5.16. The summed E-state index contributed by atoms with van der Waals surface area (Å²) in [6, 6.07) is 15.3. The largest absolute Gasteiger partial charge is 0.434 e. The molecule has 3 rings (SSSR count). The number of carbonyl (C=O) groups excluding carboxylic acids is 1. The lowest BCUT2D eigenvalue weighted by atomic mass is 10.1. The second-order valence-electron chi connectivity index (χ2n) is 4.00. The Morgan fingerprint density at radius 3 is 2.61 bits per heavy atom. The predicted molar refractivity (Wildman–Crippen MR) is 77.4 cm³/mol. The van der Waals surface area contributed by atoms with Crippen molar-refractivity contribution in [1.29, 1.82) is 0 Å². The molecule has 0 amide bonds. The Bertz CT molecular complexity index is 612. The molecule has 1 atom stereocenters. The summed E-state index contributed by atoms with van der Waals surface area (Å²) < 4.78 is 6.43. The molecule has 1 heterocycles. The van der Waals surface area contributed by atoms with Gasteiger partial charge in [-0.2, -0.15) is 0 Å². The average molecular weight is 351 g/mol. The van der Waals surface area contributed by atoms with E-state index in [0.717, 1.165) is 14.8 Å². The first kappa shape index (κ1) is 11.5. The predicted octanol–water partition coefficient (Wildman–Crippen LogP) is 3.57. The molecule has 0 spiro atoms. The van der Waals surface area contributed by atoms with E-state index in [0.29, 0.717) is 5.56 Å². The molecule has 0 radical (unpaired) electrons. The summed E-state index contributed by atoms with van der Waals surface area (Å²) in [5.41, 5.74) is 2.50. The summed E-state index contributed by atoms with van der Waals surface area (Å²) in [5, 5.41) is 3.25. The van der Waals surface area contributed by atoms with Crippen LogP contribution < -0.4 is 5.32 Å². The van der Waals surface area contributed by atoms with Crippen molar-refractivity contribution in [2.24, 2.45) is 0 Å². The number of anilines is 1. The maximum absolute atomic E-state index is 11.7. The highest BCUT2D eigenvalue weighted by molar-refractivity contribution is 14.1. The van der Waals surface area contributed by atoms with E-state index in [1.807, 2.05) is 42.5 Å². The number of rotatable bonds is 2. The quantitative estimate of drug-likeness (QED) is 0.664. The van der Waals surface area contributed by atoms with E-state index < -0.39 is 6.23 Å². The number of nitrogens with one attached hydrogen (secondary N) is 1. The SMILES string of the molecule is O=C1OC(Nc2ccccc2I)c2ccccc21. The van der Waals surface area contributed by atoms with Crippen LogP contribution in [0.3, 0.4) is 0 Å². The Morgan fingerprint density at radius 2 is 1.78 bits per heavy atom. The standard InChI is InChI=1S/C14H10INO2/c15-11-7-3-4-8-12(11)16-13-9-5-1-2-6-10(9)14(17)18-13/h1-8,13,16H. The van der Waals surface area contributed by atoms with Crippen molar-refractivity contribution in [1.82, 2.24) is 0 Å². The number of benzene rings is 2. The molecule has 2 aromatic rings. The Morgan fingerprint density at radius 1 is 1.06 bits per heavy atom. The van der Waals surface area contributed by atoms with Crippen LogP contribution in [0.2, 0.25) is 0 Å². The van der Waals surface area contributed by atoms with Crippen molar-refractivity contribution in [3.8, 4) is 0 Å². The van der Waals surface area contributed by atoms with Gasteiger partial charge >= 0.3 is 5.97 Å². The number of fused-ring (bicyclic) bond motifs is 1. The molecule has 90 valence electrons. The first-order valence-corrected chi connectivity index (χ1v) is 6.64. The van der Waals surface area contributed by atoms with Crippen molar-refractivity contribution in [2.45, 2.75) is 6.23 Å². The zero-order valence-electron chi connectivity index (χ0n) is 9.39. The number of cyclic esters (lactones) is 1. The van der Waals surface area contributed by atoms with Gasteiger partial charge in [-0.1, -0.05) is 30.3 Å². The Hall–Kier alpha value is -1.56. The fourth-order valence-corrected chi connectivity index (χ4v) is 2.52. The molecule has 4 heteroatoms. The summed E-state index contributed by atoms with van der Waals surface area (Å²) >= 11 is 2.25. The summed E-state index contributed by atoms with van der Waals surface area (Å²) in [6.45, 7) is 0. The minimum atomic E-state index is -0.399. The van der Waals surface area contributed by atoms with Gasteiger partial charge in [0.1, 0.15) is 0 Å². The van der Waals surface area contributed by atoms with Crippen molar-refractivity contribution in [3.63, 3.8) is 0 Å². The fraction of sp³-hybridized carbons (Fsp3) is 0.0714. The zero-order chi connectivity index (χ0) is 12.5. The number of ether oxygens (including phenoxy) is 1. The molecular formula is C14H10INO2. The minimum absolute atomic E-state index is 0.269. The second kappa shape index (κ2) is 4.61. The third-order valence-corrected chi connectivity index (χ3v) is 3.79. The van der Waals surface area contributed by atoms with Gasteiger partial charge in [-0.25, -0.2) is 4.79 Å². The molecular weight excluding hydrogens is 341 g/mol. The molecule has 1 aliphatic heterocycles. The van der Waals surface area contributed by atoms with Crippen molar-refractivity contribution >= 4 is 34.2 Å². The van der Waals surface area contributed by atoms with E-state index in [9.17, 15) is 4.79 Å². The number of halogens is 1. The highest BCUT2D eigenvalue weighted by atomic mass is 127. The van der Waals surface area contributed by atoms with E-state index in [2.05, 4.69) is 27.9 Å². The molecule has 1 unspecified atom stereocenters. The van der Waals surface area contributed by atoms with Crippen LogP contribution in [-0.2, 0) is 4.74 Å². The first-order chi connectivity index (χ1) is 8.75. The Balaban J connectivity index is 1.92. The third-order valence-electron chi connectivity index (χ3n) is 2.85. The number of carbonyl (C=O) groups is 1. The fourth-order valence-electron chi connectivity index (χ4n) is 1.97. The van der Waals surface area contributed by atoms with Crippen LogP contribution in [-0.4, -0.2) is 5.97 Å². The monoisotopic (exact) mass is 351 g/mol. The van der Waals surface area contributed by atoms with Gasteiger partial charge in [0.2, 0.25) is 6.23 Å². The lowest BCUT2D eigenvalue weighted by Crippen LogP contribution is -2.11. The molecule has 1 aliphatic rings. The average Bonchev–Trinajstić information content (AvgIpc) is 2.70. The summed E-state index contributed by atoms with van der Waals surface area (Å²) in [6.07, 6.45) is -0.399. The van der Waals surface area contributed by atoms with Gasteiger partial charge in [-0.3, -0.25) is 0 Å². The number of para-hydroxylation sites is 1. The molecule has 0 saturated heterocycles. The number of hydrogen-bond donors (Lipinski definition) is 1. The van der Waals surface area contributed by atoms with Gasteiger partial charge in [0, 0.05) is 9.13 Å². The van der Waals surface area contributed by atoms with Gasteiger partial charge in [0.05, 0.1) is 11.3 Å². The minimum Gasteiger partial charge on any atom is -0.434 e. The van der Waals surface area contributed by atoms with Gasteiger partial charge in [-0.05, 0) is 40.8 Å². The van der Waals surface area contributed by atoms with E-state index in [-0.39, 0.29) is 5.97 Å². The van der Waals surface area contributed by atoms with Crippen LogP contribution in [0.4, 0.5) is 5.69 Å². The number of esters is 1. The summed E-state index contributed by atoms with van der Waals surface area (Å²) in [5.74, 6) is -0.269. The van der Waals surface area contributed by atoms with Gasteiger partial charge in [-0.15, -0.1) is 0 Å². The maximum Gasteiger partial charge on any atom is 0.340 e. The maximum atomic E-state index is 11.7. The van der Waals surface area contributed by atoms with E-state index in [4.69, 9.17) is 4.74 Å². The summed E-state index contributed by atoms with van der Waals surface area (Å²) in [7, 11) is 0. The number of hydrogen-bond acceptors (Lipinski definition) is 3. The molecule has 0 saturated carbocycles. The molecule has 1 N–H and O–H groups in total. The molecule has 3 nitrogen and oxygen atoms in total. The van der Waals surface area contributed by atoms with Crippen LogP contribution in [0.1, 0.15) is 22.1 Å². The summed E-state index contributed by atoms with van der Waals surface area (Å²) in [4.78, 5) is 11.7. The molecule has 0 aliphatic carbocycles. The van der Waals surface area contributed by atoms with Gasteiger partial charge in [0.25, 0.3) is 0 Å². The van der Waals surface area contributed by atoms with Crippen LogP contribution in [0.15, 0.2) is 48.5 Å². The van der Waals surface area contributed by atoms with Crippen molar-refractivity contribution < 1.29 is 9.53 Å². The molecule has 0 fully saturated rings. The van der Waals surface area contributed by atoms with Crippen LogP contribution in [0.25, 0.3) is 0 Å². The van der Waals surface area contributed by atoms with Crippen molar-refractivity contribution in [2.75, 3.05) is 5.32 Å². The van der Waals surface area contributed by atoms with Gasteiger partial charge < -0.3 is 10.1 Å². The van der Waals surface area contributed by atoms with Crippen LogP contribution >= 0.6 is 22.6 Å². The van der Waals surface area contributed by atoms with E-state index >= 15 is 0 Å². The van der Waals surface area contributed by atoms with Crippen molar-refractivity contribution in [3.05, 3.63) is 63.2 Å². The molecule has 0 bridgehead atoms. The molecule has 18 heavy (non-hydrogen) atoms. The highest BCUT2D eigenvalue weighted by Gasteiger charge is 2.30. The molecule has 0 aromatic heterocycles. The van der Waals surface area contributed by atoms with Crippen LogP contribution in [0, 0.1) is 3.57 Å². The lowest BCUT2D eigenvalue weighted by Gasteiger charge is -2.15. The Kier molecular flexibility index (Phi) is 2.95. The van der Waals surface area contributed by atoms with Gasteiger partial charge in [0.15, 0.2) is 0 Å². The normalized spacial score (nSPS) is 17.2. The zero-order valence-corrected chi connectivity index (χ0v) is 11.5. The smallest absolute Gasteiger partial charge is 0.340 e. The third kappa shape index (κ3) is 1.96. The van der Waals surface area contributed by atoms with E-state index in [1.54, 1.807) is 6.07 Å². The molecule has 2 aromatic carbocycles. The Labute approximate surface area is 118 Å². The van der Waals surface area contributed by atoms with Crippen LogP contribution in [0.5, 0.6) is 0 Å². The first-order valence-electron chi connectivity index (χ1n) is 5.56. The topological polar surface area (TPSA) is 38.3 Å². The highest BCUT2D eigenvalue weighted by Crippen LogP contribution is 2.32. The lowest BCUT2D eigenvalue weighted by molar-refractivity contribution is 0.0437. The van der Waals surface area contributed by atoms with E-state index in [1.165, 1.54) is 0 Å².